The first-order valence-electron chi connectivity index (χ1n) is 7.88. The smallest absolute Gasteiger partial charge is 0.0579 e. The molecule has 2 rings (SSSR count). The third-order valence-electron chi connectivity index (χ3n) is 3.96. The topological polar surface area (TPSA) is 34.2 Å². The standard InChI is InChI=1S/C17H28N2O/c1-12(2)16-6-5-15(14-7-9-20-10-8-14)17(19-16)11-18-13(3)4/h5-6,12-14,18H,7-11H2,1-4H3. The van der Waals surface area contributed by atoms with Crippen molar-refractivity contribution < 1.29 is 4.74 Å². The molecular weight excluding hydrogens is 248 g/mol. The summed E-state index contributed by atoms with van der Waals surface area (Å²) >= 11 is 0. The normalized spacial score (nSPS) is 17.1. The first-order valence-corrected chi connectivity index (χ1v) is 7.88. The Labute approximate surface area is 123 Å². The third kappa shape index (κ3) is 4.03. The Morgan fingerprint density at radius 2 is 1.90 bits per heavy atom. The highest BCUT2D eigenvalue weighted by Gasteiger charge is 2.20. The van der Waals surface area contributed by atoms with Crippen molar-refractivity contribution in [3.8, 4) is 0 Å². The minimum atomic E-state index is 0.483. The van der Waals surface area contributed by atoms with Gasteiger partial charge in [0.1, 0.15) is 0 Å². The van der Waals surface area contributed by atoms with Gasteiger partial charge < -0.3 is 10.1 Å². The maximum Gasteiger partial charge on any atom is 0.0579 e. The molecule has 1 aromatic heterocycles. The van der Waals surface area contributed by atoms with Crippen molar-refractivity contribution >= 4 is 0 Å². The molecule has 1 aromatic rings. The predicted molar refractivity (Wildman–Crippen MR) is 83.1 cm³/mol. The SMILES string of the molecule is CC(C)NCc1nc(C(C)C)ccc1C1CCOCC1. The molecule has 0 unspecified atom stereocenters. The van der Waals surface area contributed by atoms with Gasteiger partial charge in [0.2, 0.25) is 0 Å². The van der Waals surface area contributed by atoms with Gasteiger partial charge in [0.05, 0.1) is 5.69 Å². The molecule has 0 radical (unpaired) electrons. The number of nitrogens with one attached hydrogen (secondary N) is 1. The Bertz CT molecular complexity index is 423. The van der Waals surface area contributed by atoms with Crippen LogP contribution in [0.3, 0.4) is 0 Å². The second kappa shape index (κ2) is 7.19. The number of hydrogen-bond donors (Lipinski definition) is 1. The second-order valence-corrected chi connectivity index (χ2v) is 6.35. The molecule has 1 aliphatic heterocycles. The predicted octanol–water partition coefficient (Wildman–Crippen LogP) is 3.60. The first kappa shape index (κ1) is 15.5. The second-order valence-electron chi connectivity index (χ2n) is 6.35. The monoisotopic (exact) mass is 276 g/mol. The van der Waals surface area contributed by atoms with Gasteiger partial charge in [-0.05, 0) is 36.3 Å². The quantitative estimate of drug-likeness (QED) is 0.892. The van der Waals surface area contributed by atoms with Crippen LogP contribution >= 0.6 is 0 Å². The zero-order chi connectivity index (χ0) is 14.5. The van der Waals surface area contributed by atoms with Crippen LogP contribution in [0.5, 0.6) is 0 Å². The van der Waals surface area contributed by atoms with E-state index < -0.39 is 0 Å². The Morgan fingerprint density at radius 3 is 2.50 bits per heavy atom. The molecule has 2 heterocycles. The zero-order valence-corrected chi connectivity index (χ0v) is 13.3. The van der Waals surface area contributed by atoms with Crippen molar-refractivity contribution in [2.45, 2.75) is 65.0 Å². The molecular formula is C17H28N2O. The lowest BCUT2D eigenvalue weighted by molar-refractivity contribution is 0.0850. The molecule has 1 saturated heterocycles. The maximum absolute atomic E-state index is 5.49. The van der Waals surface area contributed by atoms with Crippen LogP contribution in [0.1, 0.15) is 69.3 Å². The number of aromatic nitrogens is 1. The van der Waals surface area contributed by atoms with Crippen LogP contribution in [0.2, 0.25) is 0 Å². The molecule has 1 N–H and O–H groups in total. The molecule has 0 spiro atoms. The van der Waals surface area contributed by atoms with Gasteiger partial charge in [-0.15, -0.1) is 0 Å². The van der Waals surface area contributed by atoms with Gasteiger partial charge in [-0.3, -0.25) is 4.98 Å². The van der Waals surface area contributed by atoms with Crippen molar-refractivity contribution in [1.82, 2.24) is 10.3 Å². The van der Waals surface area contributed by atoms with Crippen LogP contribution in [0.4, 0.5) is 0 Å². The Morgan fingerprint density at radius 1 is 1.20 bits per heavy atom. The summed E-state index contributed by atoms with van der Waals surface area (Å²) in [5.41, 5.74) is 3.85. The Kier molecular flexibility index (Phi) is 5.55. The summed E-state index contributed by atoms with van der Waals surface area (Å²) in [4.78, 5) is 4.92. The summed E-state index contributed by atoms with van der Waals surface area (Å²) in [6.45, 7) is 11.4. The van der Waals surface area contributed by atoms with E-state index in [4.69, 9.17) is 9.72 Å². The van der Waals surface area contributed by atoms with Crippen molar-refractivity contribution in [2.24, 2.45) is 0 Å². The van der Waals surface area contributed by atoms with E-state index in [2.05, 4.69) is 45.1 Å². The minimum Gasteiger partial charge on any atom is -0.381 e. The van der Waals surface area contributed by atoms with Gasteiger partial charge in [-0.2, -0.15) is 0 Å². The molecule has 1 aliphatic rings. The fourth-order valence-corrected chi connectivity index (χ4v) is 2.67. The number of nitrogens with zero attached hydrogens (tertiary/aromatic N) is 1. The molecule has 20 heavy (non-hydrogen) atoms. The molecule has 112 valence electrons. The molecule has 0 aliphatic carbocycles. The Hall–Kier alpha value is -0.930. The van der Waals surface area contributed by atoms with Crippen molar-refractivity contribution in [3.05, 3.63) is 29.1 Å². The van der Waals surface area contributed by atoms with Crippen molar-refractivity contribution in [3.63, 3.8) is 0 Å². The fourth-order valence-electron chi connectivity index (χ4n) is 2.67. The number of ether oxygens (including phenoxy) is 1. The average molecular weight is 276 g/mol. The highest BCUT2D eigenvalue weighted by Crippen LogP contribution is 2.30. The van der Waals surface area contributed by atoms with Gasteiger partial charge in [0, 0.05) is 31.5 Å². The van der Waals surface area contributed by atoms with Crippen molar-refractivity contribution in [2.75, 3.05) is 13.2 Å². The van der Waals surface area contributed by atoms with E-state index in [-0.39, 0.29) is 0 Å². The largest absolute Gasteiger partial charge is 0.381 e. The zero-order valence-electron chi connectivity index (χ0n) is 13.3. The lowest BCUT2D eigenvalue weighted by atomic mass is 9.89. The minimum absolute atomic E-state index is 0.483. The highest BCUT2D eigenvalue weighted by molar-refractivity contribution is 5.28. The average Bonchev–Trinajstić information content (AvgIpc) is 2.45. The molecule has 3 heteroatoms. The molecule has 3 nitrogen and oxygen atoms in total. The summed E-state index contributed by atoms with van der Waals surface area (Å²) in [6.07, 6.45) is 2.24. The number of pyridine rings is 1. The fraction of sp³-hybridized carbons (Fsp3) is 0.706. The lowest BCUT2D eigenvalue weighted by Crippen LogP contribution is -2.25. The van der Waals surface area contributed by atoms with Crippen LogP contribution in [-0.2, 0) is 11.3 Å². The molecule has 0 amide bonds. The summed E-state index contributed by atoms with van der Waals surface area (Å²) in [6, 6.07) is 4.99. The van der Waals surface area contributed by atoms with E-state index in [1.807, 2.05) is 0 Å². The van der Waals surface area contributed by atoms with Crippen LogP contribution in [0, 0.1) is 0 Å². The molecule has 0 saturated carbocycles. The summed E-state index contributed by atoms with van der Waals surface area (Å²) in [7, 11) is 0. The molecule has 0 aromatic carbocycles. The van der Waals surface area contributed by atoms with E-state index >= 15 is 0 Å². The van der Waals surface area contributed by atoms with Crippen LogP contribution < -0.4 is 5.32 Å². The van der Waals surface area contributed by atoms with Crippen LogP contribution in [-0.4, -0.2) is 24.2 Å². The van der Waals surface area contributed by atoms with E-state index in [0.29, 0.717) is 17.9 Å². The summed E-state index contributed by atoms with van der Waals surface area (Å²) < 4.78 is 5.49. The molecule has 0 atom stereocenters. The summed E-state index contributed by atoms with van der Waals surface area (Å²) in [5, 5.41) is 3.51. The highest BCUT2D eigenvalue weighted by atomic mass is 16.5. The van der Waals surface area contributed by atoms with Gasteiger partial charge >= 0.3 is 0 Å². The number of rotatable bonds is 5. The van der Waals surface area contributed by atoms with Gasteiger partial charge in [-0.1, -0.05) is 33.8 Å². The Balaban J connectivity index is 2.23. The third-order valence-corrected chi connectivity index (χ3v) is 3.96. The van der Waals surface area contributed by atoms with Crippen LogP contribution in [0.15, 0.2) is 12.1 Å². The van der Waals surface area contributed by atoms with Crippen LogP contribution in [0.25, 0.3) is 0 Å². The molecule has 1 fully saturated rings. The first-order chi connectivity index (χ1) is 9.58. The number of hydrogen-bond acceptors (Lipinski definition) is 3. The van der Waals surface area contributed by atoms with E-state index in [0.717, 1.165) is 32.6 Å². The lowest BCUT2D eigenvalue weighted by Gasteiger charge is -2.25. The van der Waals surface area contributed by atoms with E-state index in [9.17, 15) is 0 Å². The van der Waals surface area contributed by atoms with Crippen molar-refractivity contribution in [1.29, 1.82) is 0 Å². The maximum atomic E-state index is 5.49. The van der Waals surface area contributed by atoms with Gasteiger partial charge in [0.15, 0.2) is 0 Å². The van der Waals surface area contributed by atoms with Gasteiger partial charge in [0.25, 0.3) is 0 Å². The summed E-state index contributed by atoms with van der Waals surface area (Å²) in [5.74, 6) is 1.10. The molecule has 0 bridgehead atoms. The van der Waals surface area contributed by atoms with E-state index in [1.165, 1.54) is 17.0 Å². The van der Waals surface area contributed by atoms with E-state index in [1.54, 1.807) is 0 Å². The van der Waals surface area contributed by atoms with Gasteiger partial charge in [-0.25, -0.2) is 0 Å².